The van der Waals surface area contributed by atoms with Crippen molar-refractivity contribution < 1.29 is 52.2 Å². The number of hydrogen-bond acceptors (Lipinski definition) is 10. The molecule has 0 aromatic heterocycles. The van der Waals surface area contributed by atoms with Gasteiger partial charge in [0.05, 0.1) is 23.1 Å². The predicted octanol–water partition coefficient (Wildman–Crippen LogP) is -0.404. The maximum atomic E-state index is 14.7. The molecule has 0 bridgehead atoms. The number of rotatable bonds is 5. The molecule has 3 fully saturated rings. The third-order valence-corrected chi connectivity index (χ3v) is 9.50. The third kappa shape index (κ3) is 4.81. The van der Waals surface area contributed by atoms with E-state index in [9.17, 15) is 52.2 Å². The number of phenols is 1. The van der Waals surface area contributed by atoms with Crippen molar-refractivity contribution in [3.8, 4) is 5.75 Å². The molecule has 1 aromatic carbocycles. The number of nitrogens with zero attached hydrogens (tertiary/aromatic N) is 2. The minimum atomic E-state index is -4.96. The summed E-state index contributed by atoms with van der Waals surface area (Å²) in [5, 5.41) is 25.3. The summed E-state index contributed by atoms with van der Waals surface area (Å²) in [5.74, 6) is -13.9. The topological polar surface area (TPSA) is 187 Å². The lowest BCUT2D eigenvalue weighted by Crippen LogP contribution is -2.74. The third-order valence-electron chi connectivity index (χ3n) is 9.50. The Bertz CT molecular complexity index is 1490. The number of amides is 2. The zero-order valence-electron chi connectivity index (χ0n) is 24.2. The molecular weight excluding hydrogens is 589 g/mol. The molecule has 0 radical (unpaired) electrons. The van der Waals surface area contributed by atoms with E-state index < -0.39 is 99.4 Å². The van der Waals surface area contributed by atoms with Crippen molar-refractivity contribution in [2.75, 3.05) is 27.2 Å². The molecule has 0 spiro atoms. The normalized spacial score (nSPS) is 32.4. The SMILES string of the molecule is CC(=O)N[C@H]1CCN(Cc2cc(O)c3c(c2C(F)(F)F)C[C@H]2C[C@H]4[C@H](N(C)C)C(=O)C(C(N)=O)C(=O)[C@@]4(O)C(=O)C2C3=O)C1. The number of primary amides is 1. The second kappa shape index (κ2) is 10.7. The van der Waals surface area contributed by atoms with Crippen LogP contribution in [0.25, 0.3) is 0 Å². The van der Waals surface area contributed by atoms with Crippen LogP contribution in [0, 0.1) is 23.7 Å². The summed E-state index contributed by atoms with van der Waals surface area (Å²) < 4.78 is 44.2. The molecule has 2 saturated carbocycles. The smallest absolute Gasteiger partial charge is 0.417 e. The number of carbonyl (C=O) groups is 6. The molecule has 44 heavy (non-hydrogen) atoms. The fourth-order valence-corrected chi connectivity index (χ4v) is 7.84. The van der Waals surface area contributed by atoms with Crippen LogP contribution in [0.2, 0.25) is 0 Å². The molecule has 7 atom stereocenters. The quantitative estimate of drug-likeness (QED) is 0.315. The lowest BCUT2D eigenvalue weighted by atomic mass is 9.52. The highest BCUT2D eigenvalue weighted by Crippen LogP contribution is 2.52. The lowest BCUT2D eigenvalue weighted by molar-refractivity contribution is -0.181. The van der Waals surface area contributed by atoms with Crippen LogP contribution in [-0.2, 0) is 43.1 Å². The fraction of sp³-hybridized carbons (Fsp3) is 0.586. The summed E-state index contributed by atoms with van der Waals surface area (Å²) >= 11 is 0. The number of halogens is 3. The number of carbonyl (C=O) groups excluding carboxylic acids is 6. The van der Waals surface area contributed by atoms with Crippen LogP contribution >= 0.6 is 0 Å². The van der Waals surface area contributed by atoms with Gasteiger partial charge in [-0.25, -0.2) is 0 Å². The summed E-state index contributed by atoms with van der Waals surface area (Å²) in [5.41, 5.74) is -0.317. The Morgan fingerprint density at radius 1 is 1.18 bits per heavy atom. The lowest BCUT2D eigenvalue weighted by Gasteiger charge is -2.52. The molecule has 15 heteroatoms. The number of nitrogens with one attached hydrogen (secondary N) is 1. The Hall–Kier alpha value is -3.69. The van der Waals surface area contributed by atoms with Crippen LogP contribution in [0.5, 0.6) is 5.75 Å². The van der Waals surface area contributed by atoms with Crippen LogP contribution < -0.4 is 11.1 Å². The highest BCUT2D eigenvalue weighted by Gasteiger charge is 2.69. The Morgan fingerprint density at radius 3 is 2.41 bits per heavy atom. The summed E-state index contributed by atoms with van der Waals surface area (Å²) in [4.78, 5) is 80.7. The largest absolute Gasteiger partial charge is 0.507 e. The van der Waals surface area contributed by atoms with Crippen molar-refractivity contribution in [2.45, 2.75) is 56.6 Å². The van der Waals surface area contributed by atoms with Crippen molar-refractivity contribution >= 4 is 34.9 Å². The number of likely N-dealkylation sites (N-methyl/N-ethyl adjacent to an activating group) is 1. The van der Waals surface area contributed by atoms with Crippen LogP contribution in [0.3, 0.4) is 0 Å². The summed E-state index contributed by atoms with van der Waals surface area (Å²) in [6.07, 6.45) is -5.32. The minimum absolute atomic E-state index is 0.241. The Labute approximate surface area is 249 Å². The highest BCUT2D eigenvalue weighted by molar-refractivity contribution is 6.32. The number of phenolic OH excluding ortho intramolecular Hbond substituents is 1. The maximum absolute atomic E-state index is 14.7. The Morgan fingerprint density at radius 2 is 1.84 bits per heavy atom. The summed E-state index contributed by atoms with van der Waals surface area (Å²) in [7, 11) is 2.82. The number of hydrogen-bond donors (Lipinski definition) is 4. The van der Waals surface area contributed by atoms with Crippen molar-refractivity contribution in [2.24, 2.45) is 29.4 Å². The van der Waals surface area contributed by atoms with Gasteiger partial charge in [-0.3, -0.25) is 38.6 Å². The van der Waals surface area contributed by atoms with E-state index in [0.29, 0.717) is 13.0 Å². The first-order chi connectivity index (χ1) is 20.4. The molecule has 1 saturated heterocycles. The number of ketones is 4. The van der Waals surface area contributed by atoms with Gasteiger partial charge in [-0.05, 0) is 56.5 Å². The van der Waals surface area contributed by atoms with E-state index in [-0.39, 0.29) is 37.0 Å². The van der Waals surface area contributed by atoms with E-state index >= 15 is 0 Å². The number of aromatic hydroxyl groups is 1. The van der Waals surface area contributed by atoms with Gasteiger partial charge in [0.15, 0.2) is 34.7 Å². The van der Waals surface area contributed by atoms with Crippen LogP contribution in [0.15, 0.2) is 6.07 Å². The number of aliphatic hydroxyl groups is 1. The van der Waals surface area contributed by atoms with Gasteiger partial charge in [0.1, 0.15) is 5.75 Å². The van der Waals surface area contributed by atoms with Gasteiger partial charge in [-0.15, -0.1) is 0 Å². The summed E-state index contributed by atoms with van der Waals surface area (Å²) in [6, 6.07) is -0.793. The molecule has 2 amide bonds. The van der Waals surface area contributed by atoms with Crippen LogP contribution in [0.4, 0.5) is 13.2 Å². The van der Waals surface area contributed by atoms with Gasteiger partial charge in [-0.1, -0.05) is 0 Å². The molecule has 1 aromatic rings. The van der Waals surface area contributed by atoms with Gasteiger partial charge in [0, 0.05) is 38.5 Å². The van der Waals surface area contributed by atoms with Gasteiger partial charge >= 0.3 is 6.18 Å². The van der Waals surface area contributed by atoms with Crippen molar-refractivity contribution in [1.82, 2.24) is 15.1 Å². The molecule has 1 aliphatic heterocycles. The standard InChI is InChI=1S/C29H33F3N4O8/c1-11(37)34-14-4-5-36(10-14)9-13-8-17(38)19-15(21(13)29(30,31)32)6-12-7-16-22(35(2)3)24(40)20(27(33)43)26(42)28(16,44)25(41)18(12)23(19)39/h8,12,14,16,18,20,22,38,44H,4-7,9-10H2,1-3H3,(H2,33,43)(H,34,37)/t12-,14-,16-,18?,20?,22-,28-/m0/s1. The van der Waals surface area contributed by atoms with Gasteiger partial charge < -0.3 is 21.3 Å². The molecule has 238 valence electrons. The second-order valence-electron chi connectivity index (χ2n) is 12.5. The Kier molecular flexibility index (Phi) is 7.74. The molecule has 4 aliphatic rings. The molecule has 5 rings (SSSR count). The van der Waals surface area contributed by atoms with Crippen molar-refractivity contribution in [1.29, 1.82) is 0 Å². The predicted molar refractivity (Wildman–Crippen MR) is 144 cm³/mol. The van der Waals surface area contributed by atoms with Crippen LogP contribution in [0.1, 0.15) is 46.8 Å². The zero-order valence-corrected chi connectivity index (χ0v) is 24.2. The number of fused-ring (bicyclic) bond motifs is 3. The fourth-order valence-electron chi connectivity index (χ4n) is 7.84. The number of benzene rings is 1. The van der Waals surface area contributed by atoms with E-state index in [2.05, 4.69) is 5.32 Å². The number of likely N-dealkylation sites (tertiary alicyclic amines) is 1. The van der Waals surface area contributed by atoms with E-state index in [1.807, 2.05) is 0 Å². The van der Waals surface area contributed by atoms with E-state index in [1.54, 1.807) is 4.90 Å². The average Bonchev–Trinajstić information content (AvgIpc) is 3.30. The highest BCUT2D eigenvalue weighted by atomic mass is 19.4. The summed E-state index contributed by atoms with van der Waals surface area (Å²) in [6.45, 7) is 1.74. The molecule has 1 heterocycles. The average molecular weight is 623 g/mol. The molecule has 2 unspecified atom stereocenters. The van der Waals surface area contributed by atoms with Gasteiger partial charge in [0.2, 0.25) is 11.8 Å². The van der Waals surface area contributed by atoms with E-state index in [1.165, 1.54) is 25.9 Å². The second-order valence-corrected chi connectivity index (χ2v) is 12.5. The zero-order chi connectivity index (χ0) is 32.6. The van der Waals surface area contributed by atoms with E-state index in [0.717, 1.165) is 6.07 Å². The van der Waals surface area contributed by atoms with Crippen molar-refractivity contribution in [3.05, 3.63) is 28.3 Å². The first kappa shape index (κ1) is 31.7. The molecule has 12 nitrogen and oxygen atoms in total. The van der Waals surface area contributed by atoms with Crippen molar-refractivity contribution in [3.63, 3.8) is 0 Å². The van der Waals surface area contributed by atoms with Crippen LogP contribution in [-0.4, -0.2) is 99.8 Å². The number of Topliss-reactive ketones (excluding diaryl/α,β-unsaturated/α-hetero) is 4. The number of nitrogens with two attached hydrogens (primary N) is 1. The molecule has 3 aliphatic carbocycles. The first-order valence-electron chi connectivity index (χ1n) is 14.2. The number of alkyl halides is 3. The molecule has 5 N–H and O–H groups in total. The van der Waals surface area contributed by atoms with E-state index in [4.69, 9.17) is 5.73 Å². The minimum Gasteiger partial charge on any atom is -0.507 e. The maximum Gasteiger partial charge on any atom is 0.417 e. The first-order valence-corrected chi connectivity index (χ1v) is 14.2. The monoisotopic (exact) mass is 622 g/mol. The Balaban J connectivity index is 1.58. The van der Waals surface area contributed by atoms with Gasteiger partial charge in [0.25, 0.3) is 0 Å². The van der Waals surface area contributed by atoms with Gasteiger partial charge in [-0.2, -0.15) is 13.2 Å². The molecular formula is C29H33F3N4O8.